The van der Waals surface area contributed by atoms with Crippen molar-refractivity contribution in [2.45, 2.75) is 32.4 Å². The summed E-state index contributed by atoms with van der Waals surface area (Å²) in [4.78, 5) is 1.94. The summed E-state index contributed by atoms with van der Waals surface area (Å²) in [5.41, 5.74) is 1.93. The maximum Gasteiger partial charge on any atom is 0.318 e. The van der Waals surface area contributed by atoms with Crippen LogP contribution in [0.15, 0.2) is 28.7 Å². The van der Waals surface area contributed by atoms with Crippen molar-refractivity contribution in [1.29, 1.82) is 0 Å². The predicted molar refractivity (Wildman–Crippen MR) is 96.0 cm³/mol. The molecule has 1 aromatic carbocycles. The van der Waals surface area contributed by atoms with E-state index in [2.05, 4.69) is 10.2 Å². The summed E-state index contributed by atoms with van der Waals surface area (Å²) in [6.07, 6.45) is 0. The van der Waals surface area contributed by atoms with Crippen molar-refractivity contribution in [2.24, 2.45) is 0 Å². The lowest BCUT2D eigenvalue weighted by Crippen LogP contribution is -2.49. The number of hydrogen-bond donors (Lipinski definition) is 0. The summed E-state index contributed by atoms with van der Waals surface area (Å²) in [5.74, 6) is 0.813. The number of rotatable bonds is 5. The molecular weight excluding hydrogens is 340 g/mol. The third-order valence-electron chi connectivity index (χ3n) is 4.30. The van der Waals surface area contributed by atoms with Gasteiger partial charge < -0.3 is 9.32 Å². The highest BCUT2D eigenvalue weighted by atomic mass is 32.2. The Balaban J connectivity index is 1.61. The predicted octanol–water partition coefficient (Wildman–Crippen LogP) is 2.15. The van der Waals surface area contributed by atoms with E-state index < -0.39 is 10.0 Å². The Morgan fingerprint density at radius 2 is 1.72 bits per heavy atom. The van der Waals surface area contributed by atoms with E-state index in [9.17, 15) is 8.42 Å². The summed E-state index contributed by atoms with van der Waals surface area (Å²) in [6, 6.07) is 8.08. The first kappa shape index (κ1) is 17.9. The molecule has 0 saturated carbocycles. The topological polar surface area (TPSA) is 79.5 Å². The van der Waals surface area contributed by atoms with Gasteiger partial charge in [0.05, 0.1) is 5.75 Å². The maximum absolute atomic E-state index is 12.6. The molecule has 0 radical (unpaired) electrons. The number of aryl methyl sites for hydroxylation is 1. The lowest BCUT2D eigenvalue weighted by Gasteiger charge is -2.32. The summed E-state index contributed by atoms with van der Waals surface area (Å²) in [7, 11) is -3.32. The van der Waals surface area contributed by atoms with Crippen LogP contribution in [0, 0.1) is 6.92 Å². The largest absolute Gasteiger partial charge is 0.408 e. The smallest absolute Gasteiger partial charge is 0.318 e. The molecule has 2 heterocycles. The van der Waals surface area contributed by atoms with Gasteiger partial charge in [-0.15, -0.1) is 5.10 Å². The van der Waals surface area contributed by atoms with Crippen molar-refractivity contribution in [1.82, 2.24) is 14.5 Å². The molecule has 1 aliphatic heterocycles. The lowest BCUT2D eigenvalue weighted by molar-refractivity contribution is 0.367. The molecule has 0 unspecified atom stereocenters. The summed E-state index contributed by atoms with van der Waals surface area (Å²) < 4.78 is 32.5. The van der Waals surface area contributed by atoms with Gasteiger partial charge in [0, 0.05) is 32.1 Å². The van der Waals surface area contributed by atoms with E-state index in [0.29, 0.717) is 38.1 Å². The van der Waals surface area contributed by atoms with Gasteiger partial charge in [-0.05, 0) is 12.5 Å². The van der Waals surface area contributed by atoms with Crippen LogP contribution in [0.4, 0.5) is 6.01 Å². The monoisotopic (exact) mass is 364 g/mol. The van der Waals surface area contributed by atoms with Crippen LogP contribution in [0.5, 0.6) is 0 Å². The van der Waals surface area contributed by atoms with Gasteiger partial charge in [-0.3, -0.25) is 0 Å². The number of piperazine rings is 1. The van der Waals surface area contributed by atoms with E-state index in [1.54, 1.807) is 4.31 Å². The van der Waals surface area contributed by atoms with Gasteiger partial charge in [0.25, 0.3) is 0 Å². The molecule has 136 valence electrons. The SMILES string of the molecule is Cc1ccc(CS(=O)(=O)N2CCN(c3nnc(C(C)C)o3)CC2)cc1. The van der Waals surface area contributed by atoms with Crippen molar-refractivity contribution < 1.29 is 12.8 Å². The van der Waals surface area contributed by atoms with Crippen molar-refractivity contribution in [3.63, 3.8) is 0 Å². The first-order valence-corrected chi connectivity index (χ1v) is 10.1. The fourth-order valence-corrected chi connectivity index (χ4v) is 4.25. The van der Waals surface area contributed by atoms with Crippen LogP contribution in [0.2, 0.25) is 0 Å². The van der Waals surface area contributed by atoms with E-state index in [0.717, 1.165) is 11.1 Å². The quantitative estimate of drug-likeness (QED) is 0.809. The van der Waals surface area contributed by atoms with Crippen LogP contribution in [-0.2, 0) is 15.8 Å². The van der Waals surface area contributed by atoms with Crippen LogP contribution < -0.4 is 4.90 Å². The van der Waals surface area contributed by atoms with Gasteiger partial charge in [0.1, 0.15) is 0 Å². The second-order valence-electron chi connectivity index (χ2n) is 6.71. The summed E-state index contributed by atoms with van der Waals surface area (Å²) in [5, 5.41) is 8.10. The van der Waals surface area contributed by atoms with E-state index in [1.807, 2.05) is 49.9 Å². The van der Waals surface area contributed by atoms with Crippen LogP contribution >= 0.6 is 0 Å². The molecule has 0 bridgehead atoms. The molecule has 1 saturated heterocycles. The Morgan fingerprint density at radius 1 is 1.08 bits per heavy atom. The molecule has 1 aromatic heterocycles. The average Bonchev–Trinajstić information content (AvgIpc) is 3.07. The molecular formula is C17H24N4O3S. The van der Waals surface area contributed by atoms with Gasteiger partial charge in [0.2, 0.25) is 15.9 Å². The highest BCUT2D eigenvalue weighted by molar-refractivity contribution is 7.88. The zero-order chi connectivity index (χ0) is 18.0. The number of anilines is 1. The Bertz CT molecular complexity index is 807. The molecule has 2 aromatic rings. The first-order chi connectivity index (χ1) is 11.8. The molecule has 3 rings (SSSR count). The number of sulfonamides is 1. The van der Waals surface area contributed by atoms with Gasteiger partial charge in [-0.25, -0.2) is 8.42 Å². The molecule has 1 fully saturated rings. The highest BCUT2D eigenvalue weighted by Gasteiger charge is 2.29. The molecule has 25 heavy (non-hydrogen) atoms. The van der Waals surface area contributed by atoms with Crippen molar-refractivity contribution >= 4 is 16.0 Å². The molecule has 8 heteroatoms. The van der Waals surface area contributed by atoms with Crippen LogP contribution in [0.3, 0.4) is 0 Å². The Labute approximate surface area is 148 Å². The maximum atomic E-state index is 12.6. The minimum atomic E-state index is -3.32. The molecule has 0 spiro atoms. The van der Waals surface area contributed by atoms with Crippen molar-refractivity contribution in [2.75, 3.05) is 31.1 Å². The molecule has 0 aliphatic carbocycles. The average molecular weight is 364 g/mol. The standard InChI is InChI=1S/C17H24N4O3S/c1-13(2)16-18-19-17(24-16)20-8-10-21(11-9-20)25(22,23)12-15-6-4-14(3)5-7-15/h4-7,13H,8-12H2,1-3H3. The number of hydrogen-bond acceptors (Lipinski definition) is 6. The first-order valence-electron chi connectivity index (χ1n) is 8.47. The van der Waals surface area contributed by atoms with Crippen LogP contribution in [0.1, 0.15) is 36.8 Å². The van der Waals surface area contributed by atoms with E-state index >= 15 is 0 Å². The van der Waals surface area contributed by atoms with Crippen molar-refractivity contribution in [3.05, 3.63) is 41.3 Å². The van der Waals surface area contributed by atoms with Gasteiger partial charge in [0.15, 0.2) is 0 Å². The fraction of sp³-hybridized carbons (Fsp3) is 0.529. The Morgan fingerprint density at radius 3 is 2.28 bits per heavy atom. The van der Waals surface area contributed by atoms with Gasteiger partial charge in [-0.2, -0.15) is 4.31 Å². The zero-order valence-electron chi connectivity index (χ0n) is 14.8. The summed E-state index contributed by atoms with van der Waals surface area (Å²) in [6.45, 7) is 7.92. The lowest BCUT2D eigenvalue weighted by atomic mass is 10.2. The molecule has 0 amide bonds. The van der Waals surface area contributed by atoms with E-state index in [-0.39, 0.29) is 11.7 Å². The second kappa shape index (κ2) is 7.13. The Hall–Kier alpha value is -1.93. The second-order valence-corrected chi connectivity index (χ2v) is 8.67. The minimum Gasteiger partial charge on any atom is -0.408 e. The van der Waals surface area contributed by atoms with E-state index in [4.69, 9.17) is 4.42 Å². The minimum absolute atomic E-state index is 0.0331. The van der Waals surface area contributed by atoms with Crippen LogP contribution in [0.25, 0.3) is 0 Å². The van der Waals surface area contributed by atoms with E-state index in [1.165, 1.54) is 0 Å². The molecule has 0 atom stereocenters. The number of benzene rings is 1. The normalized spacial score (nSPS) is 16.6. The fourth-order valence-electron chi connectivity index (χ4n) is 2.73. The summed E-state index contributed by atoms with van der Waals surface area (Å²) >= 11 is 0. The highest BCUT2D eigenvalue weighted by Crippen LogP contribution is 2.21. The van der Waals surface area contributed by atoms with Gasteiger partial charge >= 0.3 is 6.01 Å². The third kappa shape index (κ3) is 4.19. The zero-order valence-corrected chi connectivity index (χ0v) is 15.7. The van der Waals surface area contributed by atoms with Gasteiger partial charge in [-0.1, -0.05) is 48.8 Å². The molecule has 1 aliphatic rings. The molecule has 0 N–H and O–H groups in total. The number of nitrogens with zero attached hydrogens (tertiary/aromatic N) is 4. The molecule has 7 nitrogen and oxygen atoms in total. The van der Waals surface area contributed by atoms with Crippen LogP contribution in [-0.4, -0.2) is 49.1 Å². The van der Waals surface area contributed by atoms with Crippen molar-refractivity contribution in [3.8, 4) is 0 Å². The third-order valence-corrected chi connectivity index (χ3v) is 6.15. The Kier molecular flexibility index (Phi) is 5.10. The number of aromatic nitrogens is 2.